The maximum absolute atomic E-state index is 12.7. The number of carbonyl (C=O) groups is 3. The van der Waals surface area contributed by atoms with Crippen LogP contribution >= 0.6 is 27.5 Å². The Morgan fingerprint density at radius 2 is 1.94 bits per heavy atom. The molecule has 31 heavy (non-hydrogen) atoms. The van der Waals surface area contributed by atoms with Gasteiger partial charge in [0.15, 0.2) is 0 Å². The van der Waals surface area contributed by atoms with Gasteiger partial charge in [-0.05, 0) is 36.8 Å². The molecule has 0 aromatic heterocycles. The lowest BCUT2D eigenvalue weighted by Crippen LogP contribution is -2.49. The molecule has 1 atom stereocenters. The lowest BCUT2D eigenvalue weighted by Gasteiger charge is -2.36. The summed E-state index contributed by atoms with van der Waals surface area (Å²) in [5.74, 6) is -0.804. The third-order valence-electron chi connectivity index (χ3n) is 5.62. The minimum absolute atomic E-state index is 0.0371. The molecule has 1 aromatic carbocycles. The molecule has 0 N–H and O–H groups in total. The number of anilines is 1. The van der Waals surface area contributed by atoms with Crippen molar-refractivity contribution in [3.8, 4) is 0 Å². The number of benzene rings is 1. The molecular formula is C22H22BrClN4O3. The first kappa shape index (κ1) is 21.8. The number of amides is 4. The van der Waals surface area contributed by atoms with Crippen LogP contribution in [0.5, 0.6) is 0 Å². The van der Waals surface area contributed by atoms with E-state index in [1.165, 1.54) is 0 Å². The zero-order chi connectivity index (χ0) is 22.0. The van der Waals surface area contributed by atoms with Crippen molar-refractivity contribution in [1.29, 1.82) is 0 Å². The molecule has 4 rings (SSSR count). The summed E-state index contributed by atoms with van der Waals surface area (Å²) in [6, 6.07) is 7.14. The van der Waals surface area contributed by atoms with Gasteiger partial charge in [0.05, 0.1) is 5.71 Å². The second-order valence-corrected chi connectivity index (χ2v) is 8.98. The molecule has 2 aliphatic heterocycles. The van der Waals surface area contributed by atoms with Crippen molar-refractivity contribution in [3.05, 3.63) is 52.0 Å². The topological polar surface area (TPSA) is 73.3 Å². The Morgan fingerprint density at radius 1 is 1.16 bits per heavy atom. The second kappa shape index (κ2) is 9.36. The molecule has 162 valence electrons. The molecule has 4 amide bonds. The van der Waals surface area contributed by atoms with Gasteiger partial charge in [-0.3, -0.25) is 14.5 Å². The van der Waals surface area contributed by atoms with Gasteiger partial charge in [0.1, 0.15) is 5.92 Å². The van der Waals surface area contributed by atoms with E-state index in [-0.39, 0.29) is 24.8 Å². The lowest BCUT2D eigenvalue weighted by molar-refractivity contribution is -0.133. The summed E-state index contributed by atoms with van der Waals surface area (Å²) in [6.45, 7) is 2.93. The van der Waals surface area contributed by atoms with E-state index < -0.39 is 11.9 Å². The first-order valence-electron chi connectivity index (χ1n) is 10.2. The molecule has 0 spiro atoms. The number of piperazine rings is 1. The summed E-state index contributed by atoms with van der Waals surface area (Å²) in [7, 11) is 0. The van der Waals surface area contributed by atoms with Crippen molar-refractivity contribution in [2.45, 2.75) is 12.8 Å². The summed E-state index contributed by atoms with van der Waals surface area (Å²) < 4.78 is 0.784. The van der Waals surface area contributed by atoms with Crippen LogP contribution in [0.3, 0.4) is 0 Å². The minimum Gasteiger partial charge on any atom is -0.368 e. The van der Waals surface area contributed by atoms with E-state index in [2.05, 4.69) is 25.8 Å². The van der Waals surface area contributed by atoms with Gasteiger partial charge in [-0.2, -0.15) is 4.99 Å². The Bertz CT molecular complexity index is 998. The van der Waals surface area contributed by atoms with Gasteiger partial charge in [0.2, 0.25) is 11.8 Å². The van der Waals surface area contributed by atoms with Crippen LogP contribution in [-0.4, -0.2) is 66.1 Å². The standard InChI is InChI=1S/C22H22BrClN4O3/c23-15-6-7-19-18(13-15)21(30)28(22(31)25-19)8-2-5-20(29)27-11-9-26(10-12-27)17-4-1-3-16(24)14-17/h1,3-4,6-7,13-14,18H,2,5,8-12H2. The zero-order valence-electron chi connectivity index (χ0n) is 16.8. The number of fused-ring (bicyclic) bond motifs is 1. The third kappa shape index (κ3) is 4.91. The van der Waals surface area contributed by atoms with Crippen molar-refractivity contribution in [2.24, 2.45) is 10.9 Å². The number of urea groups is 1. The van der Waals surface area contributed by atoms with E-state index in [1.807, 2.05) is 29.2 Å². The number of nitrogens with zero attached hydrogens (tertiary/aromatic N) is 4. The van der Waals surface area contributed by atoms with Crippen LogP contribution in [0.1, 0.15) is 12.8 Å². The molecule has 1 fully saturated rings. The van der Waals surface area contributed by atoms with E-state index in [0.717, 1.165) is 28.2 Å². The van der Waals surface area contributed by atoms with Gasteiger partial charge in [0.25, 0.3) is 0 Å². The highest BCUT2D eigenvalue weighted by molar-refractivity contribution is 9.11. The highest BCUT2D eigenvalue weighted by atomic mass is 79.9. The van der Waals surface area contributed by atoms with Crippen molar-refractivity contribution >= 4 is 56.8 Å². The highest BCUT2D eigenvalue weighted by Crippen LogP contribution is 2.25. The number of aliphatic imine (C=N–C) groups is 1. The van der Waals surface area contributed by atoms with Crippen LogP contribution in [0, 0.1) is 5.92 Å². The molecule has 0 radical (unpaired) electrons. The molecule has 1 aromatic rings. The van der Waals surface area contributed by atoms with Crippen molar-refractivity contribution < 1.29 is 14.4 Å². The van der Waals surface area contributed by atoms with Gasteiger partial charge in [-0.1, -0.05) is 39.7 Å². The second-order valence-electron chi connectivity index (χ2n) is 7.62. The van der Waals surface area contributed by atoms with Gasteiger partial charge >= 0.3 is 6.03 Å². The van der Waals surface area contributed by atoms with Crippen LogP contribution in [0.4, 0.5) is 10.5 Å². The molecule has 0 bridgehead atoms. The molecule has 1 unspecified atom stereocenters. The molecule has 9 heteroatoms. The monoisotopic (exact) mass is 504 g/mol. The quantitative estimate of drug-likeness (QED) is 0.612. The normalized spacial score (nSPS) is 21.1. The number of hydrogen-bond acceptors (Lipinski definition) is 4. The molecule has 2 heterocycles. The predicted octanol–water partition coefficient (Wildman–Crippen LogP) is 3.64. The average Bonchev–Trinajstić information content (AvgIpc) is 2.76. The van der Waals surface area contributed by atoms with Crippen molar-refractivity contribution in [2.75, 3.05) is 37.6 Å². The highest BCUT2D eigenvalue weighted by Gasteiger charge is 2.36. The van der Waals surface area contributed by atoms with Crippen molar-refractivity contribution in [3.63, 3.8) is 0 Å². The maximum Gasteiger partial charge on any atom is 0.350 e. The minimum atomic E-state index is -0.560. The lowest BCUT2D eigenvalue weighted by atomic mass is 9.95. The van der Waals surface area contributed by atoms with Gasteiger partial charge in [-0.15, -0.1) is 0 Å². The van der Waals surface area contributed by atoms with E-state index in [1.54, 1.807) is 18.2 Å². The number of allylic oxidation sites excluding steroid dienone is 3. The van der Waals surface area contributed by atoms with Crippen LogP contribution < -0.4 is 4.90 Å². The Kier molecular flexibility index (Phi) is 6.57. The van der Waals surface area contributed by atoms with Gasteiger partial charge < -0.3 is 9.80 Å². The molecular weight excluding hydrogens is 484 g/mol. The summed E-state index contributed by atoms with van der Waals surface area (Å²) in [5, 5.41) is 0.696. The van der Waals surface area contributed by atoms with E-state index in [0.29, 0.717) is 30.2 Å². The maximum atomic E-state index is 12.7. The number of rotatable bonds is 5. The predicted molar refractivity (Wildman–Crippen MR) is 124 cm³/mol. The average molecular weight is 506 g/mol. The Hall–Kier alpha value is -2.45. The Labute approximate surface area is 194 Å². The number of hydrogen-bond donors (Lipinski definition) is 0. The first-order chi connectivity index (χ1) is 14.9. The van der Waals surface area contributed by atoms with Crippen LogP contribution in [0.2, 0.25) is 5.02 Å². The van der Waals surface area contributed by atoms with Crippen LogP contribution in [0.15, 0.2) is 52.0 Å². The number of halogens is 2. The molecule has 3 aliphatic rings. The summed E-state index contributed by atoms with van der Waals surface area (Å²) in [6.07, 6.45) is 5.88. The molecule has 1 aliphatic carbocycles. The Morgan fingerprint density at radius 3 is 2.68 bits per heavy atom. The SMILES string of the molecule is O=C(CCCN1C(=O)N=C2C=CC(Br)=CC2C1=O)N1CCN(c2cccc(Cl)c2)CC1. The van der Waals surface area contributed by atoms with E-state index in [9.17, 15) is 14.4 Å². The van der Waals surface area contributed by atoms with Crippen molar-refractivity contribution in [1.82, 2.24) is 9.80 Å². The fourth-order valence-corrected chi connectivity index (χ4v) is 4.53. The van der Waals surface area contributed by atoms with E-state index in [4.69, 9.17) is 11.6 Å². The molecule has 7 nitrogen and oxygen atoms in total. The number of imide groups is 1. The Balaban J connectivity index is 1.26. The summed E-state index contributed by atoms with van der Waals surface area (Å²) >= 11 is 9.42. The summed E-state index contributed by atoms with van der Waals surface area (Å²) in [4.78, 5) is 46.8. The third-order valence-corrected chi connectivity index (χ3v) is 6.39. The molecule has 1 saturated heterocycles. The van der Waals surface area contributed by atoms with E-state index >= 15 is 0 Å². The zero-order valence-corrected chi connectivity index (χ0v) is 19.2. The fourth-order valence-electron chi connectivity index (χ4n) is 3.95. The van der Waals surface area contributed by atoms with Crippen LogP contribution in [-0.2, 0) is 9.59 Å². The summed E-state index contributed by atoms with van der Waals surface area (Å²) in [5.41, 5.74) is 1.52. The smallest absolute Gasteiger partial charge is 0.350 e. The van der Waals surface area contributed by atoms with Gasteiger partial charge in [0, 0.05) is 54.3 Å². The fraction of sp³-hybridized carbons (Fsp3) is 0.364. The van der Waals surface area contributed by atoms with Crippen LogP contribution in [0.25, 0.3) is 0 Å². The largest absolute Gasteiger partial charge is 0.368 e. The van der Waals surface area contributed by atoms with Gasteiger partial charge in [-0.25, -0.2) is 4.79 Å². The first-order valence-corrected chi connectivity index (χ1v) is 11.4. The number of carbonyl (C=O) groups excluding carboxylic acids is 3. The molecule has 0 saturated carbocycles.